The number of nitrogens with zero attached hydrogens (tertiary/aromatic N) is 3. The third-order valence-electron chi connectivity index (χ3n) is 4.08. The van der Waals surface area contributed by atoms with Crippen LogP contribution in [0.2, 0.25) is 10.3 Å². The summed E-state index contributed by atoms with van der Waals surface area (Å²) in [7, 11) is 2.12. The lowest BCUT2D eigenvalue weighted by Crippen LogP contribution is -2.30. The molecule has 128 valence electrons. The number of hydrogen-bond donors (Lipinski definition) is 0. The second-order valence-electron chi connectivity index (χ2n) is 5.83. The number of likely N-dealkylation sites (tertiary alicyclic amines) is 1. The predicted molar refractivity (Wildman–Crippen MR) is 94.0 cm³/mol. The van der Waals surface area contributed by atoms with Crippen LogP contribution >= 0.6 is 23.2 Å². The Morgan fingerprint density at radius 1 is 1.21 bits per heavy atom. The number of pyridine rings is 2. The molecule has 7 heteroatoms. The first-order chi connectivity index (χ1) is 11.6. The molecule has 0 bridgehead atoms. The lowest BCUT2D eigenvalue weighted by Gasteiger charge is -2.19. The van der Waals surface area contributed by atoms with Gasteiger partial charge in [-0.15, -0.1) is 0 Å². The van der Waals surface area contributed by atoms with E-state index in [1.54, 1.807) is 24.5 Å². The normalized spacial score (nSPS) is 17.9. The van der Waals surface area contributed by atoms with Crippen molar-refractivity contribution < 1.29 is 9.47 Å². The molecule has 0 aliphatic carbocycles. The van der Waals surface area contributed by atoms with Gasteiger partial charge in [-0.1, -0.05) is 29.3 Å². The molecule has 1 aliphatic heterocycles. The van der Waals surface area contributed by atoms with E-state index in [1.165, 1.54) is 6.42 Å². The van der Waals surface area contributed by atoms with Gasteiger partial charge < -0.3 is 14.4 Å². The molecule has 0 spiro atoms. The van der Waals surface area contributed by atoms with Crippen molar-refractivity contribution in [3.63, 3.8) is 0 Å². The standard InChI is InChI=1S/C17H19Cl2N3O2/c1-22-6-2-3-13(22)11-23-14-7-15(17(19)21-9-14)24-10-12-4-5-16(18)20-8-12/h4-5,7-9,13H,2-3,6,10-11H2,1H3/t13-/m1/s1. The minimum atomic E-state index is 0.308. The Morgan fingerprint density at radius 3 is 2.79 bits per heavy atom. The van der Waals surface area contributed by atoms with Gasteiger partial charge in [-0.05, 0) is 32.5 Å². The number of aromatic nitrogens is 2. The third kappa shape index (κ3) is 4.50. The van der Waals surface area contributed by atoms with Crippen molar-refractivity contribution in [2.24, 2.45) is 0 Å². The largest absolute Gasteiger partial charge is 0.490 e. The molecule has 3 rings (SSSR count). The van der Waals surface area contributed by atoms with Crippen LogP contribution in [0.25, 0.3) is 0 Å². The van der Waals surface area contributed by atoms with E-state index in [-0.39, 0.29) is 0 Å². The molecule has 0 radical (unpaired) electrons. The van der Waals surface area contributed by atoms with E-state index in [4.69, 9.17) is 32.7 Å². The van der Waals surface area contributed by atoms with Crippen LogP contribution in [0.1, 0.15) is 18.4 Å². The average Bonchev–Trinajstić information content (AvgIpc) is 2.99. The maximum atomic E-state index is 6.10. The highest BCUT2D eigenvalue weighted by Gasteiger charge is 2.21. The molecule has 0 amide bonds. The Kier molecular flexibility index (Phi) is 5.76. The number of hydrogen-bond acceptors (Lipinski definition) is 5. The summed E-state index contributed by atoms with van der Waals surface area (Å²) >= 11 is 11.9. The van der Waals surface area contributed by atoms with Crippen LogP contribution in [0.3, 0.4) is 0 Å². The zero-order valence-electron chi connectivity index (χ0n) is 13.4. The summed E-state index contributed by atoms with van der Waals surface area (Å²) in [6.45, 7) is 2.09. The molecule has 0 N–H and O–H groups in total. The van der Waals surface area contributed by atoms with Crippen LogP contribution in [0.5, 0.6) is 11.5 Å². The fourth-order valence-electron chi connectivity index (χ4n) is 2.63. The van der Waals surface area contributed by atoms with Gasteiger partial charge in [0.25, 0.3) is 0 Å². The summed E-state index contributed by atoms with van der Waals surface area (Å²) in [5.41, 5.74) is 0.898. The maximum Gasteiger partial charge on any atom is 0.171 e. The quantitative estimate of drug-likeness (QED) is 0.726. The molecule has 0 aromatic carbocycles. The Bertz CT molecular complexity index is 682. The van der Waals surface area contributed by atoms with Crippen molar-refractivity contribution in [1.29, 1.82) is 0 Å². The molecular weight excluding hydrogens is 349 g/mol. The molecule has 1 aliphatic rings. The molecule has 0 saturated carbocycles. The number of likely N-dealkylation sites (N-methyl/N-ethyl adjacent to an activating group) is 1. The lowest BCUT2D eigenvalue weighted by molar-refractivity contribution is 0.197. The Balaban J connectivity index is 1.59. The zero-order chi connectivity index (χ0) is 16.9. The molecule has 1 saturated heterocycles. The SMILES string of the molecule is CN1CCC[C@@H]1COc1cnc(Cl)c(OCc2ccc(Cl)nc2)c1. The summed E-state index contributed by atoms with van der Waals surface area (Å²) in [5, 5.41) is 0.757. The minimum Gasteiger partial charge on any atom is -0.490 e. The molecular formula is C17H19Cl2N3O2. The molecule has 3 heterocycles. The molecule has 1 fully saturated rings. The van der Waals surface area contributed by atoms with E-state index < -0.39 is 0 Å². The van der Waals surface area contributed by atoms with Crippen LogP contribution in [0, 0.1) is 0 Å². The third-order valence-corrected chi connectivity index (χ3v) is 4.59. The molecule has 2 aromatic heterocycles. The van der Waals surface area contributed by atoms with E-state index in [0.29, 0.717) is 41.1 Å². The first-order valence-corrected chi connectivity index (χ1v) is 8.59. The Labute approximate surface area is 151 Å². The summed E-state index contributed by atoms with van der Waals surface area (Å²) in [6, 6.07) is 5.79. The Morgan fingerprint density at radius 2 is 2.08 bits per heavy atom. The summed E-state index contributed by atoms with van der Waals surface area (Å²) < 4.78 is 11.6. The predicted octanol–water partition coefficient (Wildman–Crippen LogP) is 3.84. The van der Waals surface area contributed by atoms with Gasteiger partial charge in [-0.2, -0.15) is 0 Å². The molecule has 0 unspecified atom stereocenters. The maximum absolute atomic E-state index is 6.10. The van der Waals surface area contributed by atoms with E-state index in [0.717, 1.165) is 18.5 Å². The highest BCUT2D eigenvalue weighted by atomic mass is 35.5. The number of halogens is 2. The fraction of sp³-hybridized carbons (Fsp3) is 0.412. The topological polar surface area (TPSA) is 47.5 Å². The lowest BCUT2D eigenvalue weighted by atomic mass is 10.2. The first-order valence-electron chi connectivity index (χ1n) is 7.83. The smallest absolute Gasteiger partial charge is 0.171 e. The van der Waals surface area contributed by atoms with Gasteiger partial charge in [0.2, 0.25) is 0 Å². The monoisotopic (exact) mass is 367 g/mol. The molecule has 1 atom stereocenters. The first kappa shape index (κ1) is 17.3. The van der Waals surface area contributed by atoms with Crippen molar-refractivity contribution >= 4 is 23.2 Å². The van der Waals surface area contributed by atoms with Gasteiger partial charge >= 0.3 is 0 Å². The molecule has 24 heavy (non-hydrogen) atoms. The van der Waals surface area contributed by atoms with E-state index in [1.807, 2.05) is 6.07 Å². The van der Waals surface area contributed by atoms with E-state index >= 15 is 0 Å². The summed E-state index contributed by atoms with van der Waals surface area (Å²) in [4.78, 5) is 10.5. The summed E-state index contributed by atoms with van der Waals surface area (Å²) in [5.74, 6) is 1.15. The molecule has 2 aromatic rings. The van der Waals surface area contributed by atoms with Gasteiger partial charge in [0, 0.05) is 23.9 Å². The number of rotatable bonds is 6. The number of ether oxygens (including phenoxy) is 2. The van der Waals surface area contributed by atoms with E-state index in [9.17, 15) is 0 Å². The second kappa shape index (κ2) is 8.01. The van der Waals surface area contributed by atoms with Gasteiger partial charge in [0.15, 0.2) is 10.9 Å². The Hall–Kier alpha value is -1.56. The van der Waals surface area contributed by atoms with Crippen molar-refractivity contribution in [1.82, 2.24) is 14.9 Å². The van der Waals surface area contributed by atoms with E-state index in [2.05, 4.69) is 21.9 Å². The van der Waals surface area contributed by atoms with Crippen molar-refractivity contribution in [2.75, 3.05) is 20.2 Å². The second-order valence-corrected chi connectivity index (χ2v) is 6.57. The van der Waals surface area contributed by atoms with Crippen LogP contribution in [-0.2, 0) is 6.61 Å². The highest BCUT2D eigenvalue weighted by molar-refractivity contribution is 6.30. The molecule has 5 nitrogen and oxygen atoms in total. The van der Waals surface area contributed by atoms with Crippen LogP contribution in [0.4, 0.5) is 0 Å². The van der Waals surface area contributed by atoms with Gasteiger partial charge in [0.1, 0.15) is 24.1 Å². The van der Waals surface area contributed by atoms with Crippen LogP contribution in [-0.4, -0.2) is 41.1 Å². The van der Waals surface area contributed by atoms with Gasteiger partial charge in [0.05, 0.1) is 6.20 Å². The fourth-order valence-corrected chi connectivity index (χ4v) is 2.89. The van der Waals surface area contributed by atoms with Gasteiger partial charge in [-0.3, -0.25) is 0 Å². The van der Waals surface area contributed by atoms with Crippen LogP contribution in [0.15, 0.2) is 30.6 Å². The van der Waals surface area contributed by atoms with Gasteiger partial charge in [-0.25, -0.2) is 9.97 Å². The van der Waals surface area contributed by atoms with Crippen LogP contribution < -0.4 is 9.47 Å². The van der Waals surface area contributed by atoms with Crippen molar-refractivity contribution in [3.8, 4) is 11.5 Å². The van der Waals surface area contributed by atoms with Crippen molar-refractivity contribution in [2.45, 2.75) is 25.5 Å². The zero-order valence-corrected chi connectivity index (χ0v) is 14.9. The summed E-state index contributed by atoms with van der Waals surface area (Å²) in [6.07, 6.45) is 5.66. The average molecular weight is 368 g/mol. The van der Waals surface area contributed by atoms with Crippen molar-refractivity contribution in [3.05, 3.63) is 46.5 Å². The highest BCUT2D eigenvalue weighted by Crippen LogP contribution is 2.28. The minimum absolute atomic E-state index is 0.308.